The van der Waals surface area contributed by atoms with Crippen LogP contribution in [-0.4, -0.2) is 6.26 Å². The van der Waals surface area contributed by atoms with Crippen LogP contribution < -0.4 is 0 Å². The van der Waals surface area contributed by atoms with Crippen molar-refractivity contribution >= 4 is 11.8 Å². The van der Waals surface area contributed by atoms with Crippen LogP contribution >= 0.6 is 11.8 Å². The van der Waals surface area contributed by atoms with Gasteiger partial charge in [-0.1, -0.05) is 13.0 Å². The smallest absolute Gasteiger partial charge is 0.166 e. The van der Waals surface area contributed by atoms with Crippen molar-refractivity contribution in [2.24, 2.45) is 0 Å². The molecule has 14 heavy (non-hydrogen) atoms. The Morgan fingerprint density at radius 3 is 2.36 bits per heavy atom. The molecule has 1 rings (SSSR count). The number of aryl methyl sites for hydroxylation is 1. The predicted octanol–water partition coefficient (Wildman–Crippen LogP) is 3.99. The summed E-state index contributed by atoms with van der Waals surface area (Å²) in [5.74, 6) is 0. The molecular formula is C10H11F3S. The Kier molecular flexibility index (Phi) is 3.48. The van der Waals surface area contributed by atoms with Crippen molar-refractivity contribution in [1.29, 1.82) is 0 Å². The molecule has 0 saturated carbocycles. The van der Waals surface area contributed by atoms with Crippen LogP contribution in [0.2, 0.25) is 0 Å². The number of hydrogen-bond acceptors (Lipinski definition) is 1. The summed E-state index contributed by atoms with van der Waals surface area (Å²) in [7, 11) is 0. The van der Waals surface area contributed by atoms with E-state index in [1.165, 1.54) is 12.1 Å². The molecule has 0 amide bonds. The van der Waals surface area contributed by atoms with E-state index in [9.17, 15) is 13.2 Å². The summed E-state index contributed by atoms with van der Waals surface area (Å²) in [5, 5.41) is 0. The highest BCUT2D eigenvalue weighted by Gasteiger charge is 2.33. The minimum Gasteiger partial charge on any atom is -0.166 e. The van der Waals surface area contributed by atoms with Gasteiger partial charge in [0.1, 0.15) is 0 Å². The number of halogens is 3. The minimum absolute atomic E-state index is 0.287. The lowest BCUT2D eigenvalue weighted by Gasteiger charge is -2.12. The Labute approximate surface area is 85.5 Å². The van der Waals surface area contributed by atoms with Crippen LogP contribution in [0, 0.1) is 0 Å². The first-order valence-corrected chi connectivity index (χ1v) is 5.45. The fourth-order valence-corrected chi connectivity index (χ4v) is 1.80. The molecule has 1 aromatic carbocycles. The van der Waals surface area contributed by atoms with Crippen LogP contribution in [0.3, 0.4) is 0 Å². The van der Waals surface area contributed by atoms with Crippen molar-refractivity contribution in [3.05, 3.63) is 29.3 Å². The maximum absolute atomic E-state index is 12.5. The predicted molar refractivity (Wildman–Crippen MR) is 52.6 cm³/mol. The van der Waals surface area contributed by atoms with E-state index in [1.807, 2.05) is 6.92 Å². The molecule has 0 bridgehead atoms. The highest BCUT2D eigenvalue weighted by Crippen LogP contribution is 2.36. The Morgan fingerprint density at radius 2 is 1.93 bits per heavy atom. The molecule has 0 fully saturated rings. The van der Waals surface area contributed by atoms with Gasteiger partial charge in [0.05, 0.1) is 5.56 Å². The monoisotopic (exact) mass is 220 g/mol. The Morgan fingerprint density at radius 1 is 1.29 bits per heavy atom. The van der Waals surface area contributed by atoms with Gasteiger partial charge in [0.2, 0.25) is 0 Å². The molecule has 1 aromatic rings. The van der Waals surface area contributed by atoms with Gasteiger partial charge in [-0.15, -0.1) is 11.8 Å². The molecule has 0 heterocycles. The average molecular weight is 220 g/mol. The zero-order valence-corrected chi connectivity index (χ0v) is 8.80. The lowest BCUT2D eigenvalue weighted by atomic mass is 10.1. The van der Waals surface area contributed by atoms with E-state index < -0.39 is 11.7 Å². The van der Waals surface area contributed by atoms with Crippen molar-refractivity contribution in [3.8, 4) is 0 Å². The quantitative estimate of drug-likeness (QED) is 0.679. The number of thioether (sulfide) groups is 1. The van der Waals surface area contributed by atoms with Crippen LogP contribution in [0.25, 0.3) is 0 Å². The fourth-order valence-electron chi connectivity index (χ4n) is 1.20. The molecule has 0 nitrogen and oxygen atoms in total. The van der Waals surface area contributed by atoms with Gasteiger partial charge in [0.15, 0.2) is 0 Å². The number of benzene rings is 1. The third-order valence-electron chi connectivity index (χ3n) is 1.98. The van der Waals surface area contributed by atoms with Crippen molar-refractivity contribution in [1.82, 2.24) is 0 Å². The standard InChI is InChI=1S/C10H11F3S/c1-3-7-4-5-9(14-2)8(6-7)10(11,12)13/h4-6H,3H2,1-2H3. The van der Waals surface area contributed by atoms with E-state index in [1.54, 1.807) is 12.3 Å². The van der Waals surface area contributed by atoms with Crippen LogP contribution in [0.15, 0.2) is 23.1 Å². The highest BCUT2D eigenvalue weighted by atomic mass is 32.2. The molecule has 0 N–H and O–H groups in total. The first-order valence-electron chi connectivity index (χ1n) is 4.23. The van der Waals surface area contributed by atoms with Crippen molar-refractivity contribution in [3.63, 3.8) is 0 Å². The fraction of sp³-hybridized carbons (Fsp3) is 0.400. The maximum atomic E-state index is 12.5. The van der Waals surface area contributed by atoms with Gasteiger partial charge in [0, 0.05) is 4.90 Å². The third kappa shape index (κ3) is 2.44. The van der Waals surface area contributed by atoms with Crippen molar-refractivity contribution < 1.29 is 13.2 Å². The second-order valence-electron chi connectivity index (χ2n) is 2.89. The molecule has 0 aromatic heterocycles. The molecule has 0 aliphatic heterocycles. The number of alkyl halides is 3. The van der Waals surface area contributed by atoms with Gasteiger partial charge >= 0.3 is 6.18 Å². The van der Waals surface area contributed by atoms with Gasteiger partial charge in [-0.2, -0.15) is 13.2 Å². The average Bonchev–Trinajstić information content (AvgIpc) is 2.15. The first-order chi connectivity index (χ1) is 6.49. The maximum Gasteiger partial charge on any atom is 0.417 e. The van der Waals surface area contributed by atoms with Gasteiger partial charge in [-0.3, -0.25) is 0 Å². The van der Waals surface area contributed by atoms with E-state index in [2.05, 4.69) is 0 Å². The van der Waals surface area contributed by atoms with Gasteiger partial charge < -0.3 is 0 Å². The molecule has 0 spiro atoms. The highest BCUT2D eigenvalue weighted by molar-refractivity contribution is 7.98. The molecule has 0 radical (unpaired) electrons. The lowest BCUT2D eigenvalue weighted by molar-refractivity contribution is -0.139. The molecule has 0 atom stereocenters. The Balaban J connectivity index is 3.22. The Bertz CT molecular complexity index is 318. The van der Waals surface area contributed by atoms with Gasteiger partial charge in [-0.05, 0) is 30.4 Å². The molecule has 78 valence electrons. The number of rotatable bonds is 2. The largest absolute Gasteiger partial charge is 0.417 e. The summed E-state index contributed by atoms with van der Waals surface area (Å²) in [6.07, 6.45) is -1.97. The van der Waals surface area contributed by atoms with Crippen LogP contribution in [0.5, 0.6) is 0 Å². The zero-order chi connectivity index (χ0) is 10.8. The molecular weight excluding hydrogens is 209 g/mol. The van der Waals surface area contributed by atoms with Gasteiger partial charge in [-0.25, -0.2) is 0 Å². The van der Waals surface area contributed by atoms with E-state index in [0.29, 0.717) is 6.42 Å². The molecule has 0 aliphatic rings. The van der Waals surface area contributed by atoms with E-state index >= 15 is 0 Å². The topological polar surface area (TPSA) is 0 Å². The Hall–Kier alpha value is -0.640. The first kappa shape index (κ1) is 11.4. The SMILES string of the molecule is CCc1ccc(SC)c(C(F)(F)F)c1. The molecule has 0 saturated heterocycles. The minimum atomic E-state index is -4.25. The zero-order valence-electron chi connectivity index (χ0n) is 7.98. The molecule has 4 heteroatoms. The van der Waals surface area contributed by atoms with Crippen LogP contribution in [0.1, 0.15) is 18.1 Å². The summed E-state index contributed by atoms with van der Waals surface area (Å²) in [6.45, 7) is 1.84. The summed E-state index contributed by atoms with van der Waals surface area (Å²) in [5.41, 5.74) is 0.194. The van der Waals surface area contributed by atoms with E-state index in [4.69, 9.17) is 0 Å². The molecule has 0 aliphatic carbocycles. The van der Waals surface area contributed by atoms with Crippen LogP contribution in [-0.2, 0) is 12.6 Å². The van der Waals surface area contributed by atoms with E-state index in [-0.39, 0.29) is 4.90 Å². The number of hydrogen-bond donors (Lipinski definition) is 0. The second-order valence-corrected chi connectivity index (χ2v) is 3.73. The second kappa shape index (κ2) is 4.26. The van der Waals surface area contributed by atoms with Crippen LogP contribution in [0.4, 0.5) is 13.2 Å². The summed E-state index contributed by atoms with van der Waals surface area (Å²) >= 11 is 1.12. The normalized spacial score (nSPS) is 11.8. The summed E-state index contributed by atoms with van der Waals surface area (Å²) < 4.78 is 37.6. The summed E-state index contributed by atoms with van der Waals surface area (Å²) in [6, 6.07) is 4.50. The van der Waals surface area contributed by atoms with Crippen molar-refractivity contribution in [2.75, 3.05) is 6.26 Å². The van der Waals surface area contributed by atoms with E-state index in [0.717, 1.165) is 17.3 Å². The lowest BCUT2D eigenvalue weighted by Crippen LogP contribution is -2.07. The van der Waals surface area contributed by atoms with Crippen molar-refractivity contribution in [2.45, 2.75) is 24.4 Å². The summed E-state index contributed by atoms with van der Waals surface area (Å²) in [4.78, 5) is 0.287. The molecule has 0 unspecified atom stereocenters. The van der Waals surface area contributed by atoms with Gasteiger partial charge in [0.25, 0.3) is 0 Å². The third-order valence-corrected chi connectivity index (χ3v) is 2.77.